The van der Waals surface area contributed by atoms with Crippen LogP contribution in [0.3, 0.4) is 0 Å². The fraction of sp³-hybridized carbons (Fsp3) is 0.806. The quantitative estimate of drug-likeness (QED) is 0.0594. The summed E-state index contributed by atoms with van der Waals surface area (Å²) in [7, 11) is -4.49. The maximum Gasteiger partial charge on any atom is 0.303 e. The molecule has 1 heterocycles. The van der Waals surface area contributed by atoms with Gasteiger partial charge in [-0.15, -0.1) is 0 Å². The molecule has 0 amide bonds. The smallest absolute Gasteiger partial charge is 0.303 e. The SMILES string of the molecule is CCCCCCCCCCCCCCCCOCC(COP(=O)([O-])OCC[n+]1ccccc1)OCCCCC(=O)O. The Morgan fingerprint density at radius 2 is 1.32 bits per heavy atom. The van der Waals surface area contributed by atoms with Crippen molar-refractivity contribution in [2.75, 3.05) is 33.0 Å². The molecule has 2 unspecified atom stereocenters. The van der Waals surface area contributed by atoms with Crippen molar-refractivity contribution in [3.63, 3.8) is 0 Å². The second kappa shape index (κ2) is 26.3. The lowest BCUT2D eigenvalue weighted by atomic mass is 10.0. The number of hydrogen-bond donors (Lipinski definition) is 1. The van der Waals surface area contributed by atoms with Crippen molar-refractivity contribution >= 4 is 13.8 Å². The molecule has 238 valence electrons. The van der Waals surface area contributed by atoms with Crippen molar-refractivity contribution < 1.29 is 42.4 Å². The lowest BCUT2D eigenvalue weighted by Crippen LogP contribution is -2.35. The maximum atomic E-state index is 12.2. The third-order valence-corrected chi connectivity index (χ3v) is 7.84. The highest BCUT2D eigenvalue weighted by Crippen LogP contribution is 2.38. The summed E-state index contributed by atoms with van der Waals surface area (Å²) in [4.78, 5) is 22.9. The molecular weight excluding hydrogens is 545 g/mol. The van der Waals surface area contributed by atoms with E-state index in [9.17, 15) is 14.3 Å². The van der Waals surface area contributed by atoms with Crippen LogP contribution in [-0.4, -0.2) is 50.2 Å². The second-order valence-corrected chi connectivity index (χ2v) is 12.1. The Bertz CT molecular complexity index is 783. The van der Waals surface area contributed by atoms with Crippen LogP contribution in [0, 0.1) is 0 Å². The van der Waals surface area contributed by atoms with E-state index in [4.69, 9.17) is 23.6 Å². The van der Waals surface area contributed by atoms with Gasteiger partial charge in [0, 0.05) is 31.8 Å². The molecule has 0 radical (unpaired) electrons. The number of carboxylic acids is 1. The number of hydrogen-bond acceptors (Lipinski definition) is 7. The Labute approximate surface area is 248 Å². The Morgan fingerprint density at radius 3 is 1.90 bits per heavy atom. The minimum Gasteiger partial charge on any atom is -0.756 e. The van der Waals surface area contributed by atoms with E-state index in [1.54, 1.807) is 0 Å². The van der Waals surface area contributed by atoms with Crippen LogP contribution in [0.15, 0.2) is 30.6 Å². The molecule has 9 nitrogen and oxygen atoms in total. The molecule has 0 aliphatic carbocycles. The van der Waals surface area contributed by atoms with Crippen LogP contribution in [0.2, 0.25) is 0 Å². The van der Waals surface area contributed by atoms with E-state index >= 15 is 0 Å². The summed E-state index contributed by atoms with van der Waals surface area (Å²) in [5, 5.41) is 8.79. The Balaban J connectivity index is 2.17. The summed E-state index contributed by atoms with van der Waals surface area (Å²) < 4.78 is 35.6. The number of rotatable bonds is 30. The highest BCUT2D eigenvalue weighted by Gasteiger charge is 2.17. The Morgan fingerprint density at radius 1 is 0.756 bits per heavy atom. The monoisotopic (exact) mass is 601 g/mol. The summed E-state index contributed by atoms with van der Waals surface area (Å²) >= 11 is 0. The average Bonchev–Trinajstić information content (AvgIpc) is 2.95. The zero-order valence-electron chi connectivity index (χ0n) is 25.4. The highest BCUT2D eigenvalue weighted by molar-refractivity contribution is 7.45. The summed E-state index contributed by atoms with van der Waals surface area (Å²) in [6, 6.07) is 5.58. The standard InChI is InChI=1S/C31H56NO8P/c1-2-3-4-5-6-7-8-9-10-11-12-13-14-19-25-37-28-30(38-26-20-16-21-31(33)34)29-40-41(35,36)39-27-24-32-22-17-15-18-23-32/h15,17-18,22-23,30H,2-14,16,19-21,24-29H2,1H3,(H-,33,34,35,36). The molecule has 1 N–H and O–H groups in total. The molecular formula is C31H56NO8P. The highest BCUT2D eigenvalue weighted by atomic mass is 31.2. The van der Waals surface area contributed by atoms with Crippen LogP contribution in [0.5, 0.6) is 0 Å². The number of carboxylic acid groups (broad SMARTS) is 1. The fourth-order valence-electron chi connectivity index (χ4n) is 4.44. The Hall–Kier alpha value is -1.35. The van der Waals surface area contributed by atoms with Crippen molar-refractivity contribution in [3.8, 4) is 0 Å². The van der Waals surface area contributed by atoms with Gasteiger partial charge in [0.2, 0.25) is 0 Å². The van der Waals surface area contributed by atoms with Gasteiger partial charge < -0.3 is 28.5 Å². The minimum atomic E-state index is -4.49. The van der Waals surface area contributed by atoms with E-state index in [-0.39, 0.29) is 26.2 Å². The van der Waals surface area contributed by atoms with Gasteiger partial charge in [-0.3, -0.25) is 9.36 Å². The van der Waals surface area contributed by atoms with E-state index < -0.39 is 19.9 Å². The fourth-order valence-corrected chi connectivity index (χ4v) is 5.17. The van der Waals surface area contributed by atoms with Crippen LogP contribution in [0.25, 0.3) is 0 Å². The van der Waals surface area contributed by atoms with Gasteiger partial charge in [-0.1, -0.05) is 96.5 Å². The lowest BCUT2D eigenvalue weighted by Gasteiger charge is -2.25. The van der Waals surface area contributed by atoms with Crippen LogP contribution >= 0.6 is 7.82 Å². The third-order valence-electron chi connectivity index (χ3n) is 6.88. The van der Waals surface area contributed by atoms with Crippen molar-refractivity contribution in [1.29, 1.82) is 0 Å². The van der Waals surface area contributed by atoms with Crippen LogP contribution in [-0.2, 0) is 34.4 Å². The van der Waals surface area contributed by atoms with E-state index in [1.807, 2.05) is 35.2 Å². The van der Waals surface area contributed by atoms with Crippen molar-refractivity contribution in [2.24, 2.45) is 0 Å². The molecule has 1 aromatic heterocycles. The first kappa shape index (κ1) is 37.7. The summed E-state index contributed by atoms with van der Waals surface area (Å²) in [6.07, 6.45) is 22.3. The minimum absolute atomic E-state index is 0.0359. The molecule has 0 saturated heterocycles. The Kier molecular flexibility index (Phi) is 24.2. The summed E-state index contributed by atoms with van der Waals surface area (Å²) in [5.74, 6) is -0.848. The maximum absolute atomic E-state index is 12.2. The van der Waals surface area contributed by atoms with Gasteiger partial charge in [0.1, 0.15) is 12.7 Å². The van der Waals surface area contributed by atoms with Gasteiger partial charge >= 0.3 is 5.97 Å². The molecule has 0 saturated carbocycles. The zero-order chi connectivity index (χ0) is 29.9. The second-order valence-electron chi connectivity index (χ2n) is 10.7. The predicted molar refractivity (Wildman–Crippen MR) is 159 cm³/mol. The molecule has 0 aliphatic heterocycles. The molecule has 0 spiro atoms. The molecule has 2 atom stereocenters. The van der Waals surface area contributed by atoms with Gasteiger partial charge in [0.25, 0.3) is 7.82 Å². The van der Waals surface area contributed by atoms with Gasteiger partial charge in [-0.2, -0.15) is 0 Å². The van der Waals surface area contributed by atoms with E-state index in [0.717, 1.165) is 12.8 Å². The first-order chi connectivity index (χ1) is 19.9. The number of phosphoric acid groups is 1. The molecule has 10 heteroatoms. The third kappa shape index (κ3) is 24.9. The number of aliphatic carboxylic acids is 1. The summed E-state index contributed by atoms with van der Waals surface area (Å²) in [6.45, 7) is 3.48. The van der Waals surface area contributed by atoms with Gasteiger partial charge in [0.15, 0.2) is 18.9 Å². The number of phosphoric ester groups is 1. The number of nitrogens with zero attached hydrogens (tertiary/aromatic N) is 1. The van der Waals surface area contributed by atoms with Crippen LogP contribution < -0.4 is 9.46 Å². The number of unbranched alkanes of at least 4 members (excludes halogenated alkanes) is 14. The molecule has 41 heavy (non-hydrogen) atoms. The molecule has 1 rings (SSSR count). The molecule has 0 aromatic carbocycles. The number of carbonyl (C=O) groups is 1. The molecule has 0 fully saturated rings. The van der Waals surface area contributed by atoms with Crippen molar-refractivity contribution in [1.82, 2.24) is 0 Å². The topological polar surface area (TPSA) is 118 Å². The molecule has 1 aromatic rings. The normalized spacial score (nSPS) is 13.7. The van der Waals surface area contributed by atoms with Gasteiger partial charge in [-0.25, -0.2) is 4.57 Å². The van der Waals surface area contributed by atoms with Gasteiger partial charge in [0.05, 0.1) is 13.2 Å². The van der Waals surface area contributed by atoms with E-state index in [1.165, 1.54) is 77.0 Å². The van der Waals surface area contributed by atoms with Crippen molar-refractivity contribution in [2.45, 2.75) is 129 Å². The summed E-state index contributed by atoms with van der Waals surface area (Å²) in [5.41, 5.74) is 0. The number of aromatic nitrogens is 1. The van der Waals surface area contributed by atoms with Gasteiger partial charge in [-0.05, 0) is 19.3 Å². The van der Waals surface area contributed by atoms with E-state index in [0.29, 0.717) is 32.6 Å². The van der Waals surface area contributed by atoms with Crippen molar-refractivity contribution in [3.05, 3.63) is 30.6 Å². The number of ether oxygens (including phenoxy) is 2. The zero-order valence-corrected chi connectivity index (χ0v) is 26.3. The molecule has 0 bridgehead atoms. The largest absolute Gasteiger partial charge is 0.756 e. The molecule has 0 aliphatic rings. The lowest BCUT2D eigenvalue weighted by molar-refractivity contribution is -0.697. The first-order valence-electron chi connectivity index (χ1n) is 15.9. The average molecular weight is 602 g/mol. The van der Waals surface area contributed by atoms with Crippen LogP contribution in [0.4, 0.5) is 0 Å². The first-order valence-corrected chi connectivity index (χ1v) is 17.3. The van der Waals surface area contributed by atoms with Crippen LogP contribution in [0.1, 0.15) is 116 Å². The van der Waals surface area contributed by atoms with E-state index in [2.05, 4.69) is 6.92 Å². The number of pyridine rings is 1. The predicted octanol–water partition coefficient (Wildman–Crippen LogP) is 6.61.